The number of hydrogen-bond acceptors (Lipinski definition) is 0. The third kappa shape index (κ3) is 12.3. The topological polar surface area (TPSA) is 0 Å². The largest absolute Gasteiger partial charge is 0.273 e. The fraction of sp³-hybridized carbons (Fsp3) is 0.200. The Morgan fingerprint density at radius 3 is 1.78 bits per heavy atom. The van der Waals surface area contributed by atoms with E-state index in [0.717, 1.165) is 6.42 Å². The Morgan fingerprint density at radius 1 is 1.11 bits per heavy atom. The second kappa shape index (κ2) is 16.0. The third-order valence-electron chi connectivity index (χ3n) is 0.586. The van der Waals surface area contributed by atoms with Gasteiger partial charge in [0.05, 0.1) is 0 Å². The van der Waals surface area contributed by atoms with Gasteiger partial charge in [-0.25, -0.2) is 12.2 Å². The molecule has 9 heavy (non-hydrogen) atoms. The molecule has 1 radical (unpaired) electrons. The van der Waals surface area contributed by atoms with Crippen LogP contribution in [-0.4, -0.2) is 0 Å². The molecule has 1 rings (SSSR count). The Morgan fingerprint density at radius 2 is 1.67 bits per heavy atom. The van der Waals surface area contributed by atoms with E-state index in [0.29, 0.717) is 0 Å². The van der Waals surface area contributed by atoms with Gasteiger partial charge in [0.15, 0.2) is 0 Å². The maximum Gasteiger partial charge on any atom is 0 e. The molecular weight excluding hydrogens is 347 g/mol. The Hall–Kier alpha value is 1.09. The molecule has 0 saturated carbocycles. The van der Waals surface area contributed by atoms with Crippen LogP contribution in [-0.2, 0) is 22.4 Å². The number of halogens is 3. The Bertz CT molecular complexity index is 70.3. The van der Waals surface area contributed by atoms with Gasteiger partial charge in [0, 0.05) is 22.4 Å². The molecule has 0 fully saturated rings. The zero-order chi connectivity index (χ0) is 3.54. The predicted molar refractivity (Wildman–Crippen MR) is 43.3 cm³/mol. The van der Waals surface area contributed by atoms with Crippen molar-refractivity contribution in [2.24, 2.45) is 0 Å². The van der Waals surface area contributed by atoms with E-state index in [9.17, 15) is 0 Å². The zero-order valence-electron chi connectivity index (χ0n) is 4.61. The first-order valence-corrected chi connectivity index (χ1v) is 1.72. The van der Waals surface area contributed by atoms with Crippen molar-refractivity contribution in [2.75, 3.05) is 0 Å². The molecule has 0 aromatic heterocycles. The van der Waals surface area contributed by atoms with Crippen LogP contribution in [0.1, 0.15) is 6.42 Å². The van der Waals surface area contributed by atoms with Gasteiger partial charge in [0.1, 0.15) is 0 Å². The van der Waals surface area contributed by atoms with Crippen molar-refractivity contribution in [3.05, 3.63) is 24.3 Å². The summed E-state index contributed by atoms with van der Waals surface area (Å²) in [6.45, 7) is 0. The van der Waals surface area contributed by atoms with E-state index in [1.807, 2.05) is 12.2 Å². The van der Waals surface area contributed by atoms with E-state index in [-0.39, 0.29) is 59.6 Å². The molecule has 0 spiro atoms. The van der Waals surface area contributed by atoms with E-state index in [1.54, 1.807) is 0 Å². The van der Waals surface area contributed by atoms with E-state index in [4.69, 9.17) is 0 Å². The average molecular weight is 355 g/mol. The number of rotatable bonds is 0. The van der Waals surface area contributed by atoms with Gasteiger partial charge in [-0.1, -0.05) is 0 Å². The summed E-state index contributed by atoms with van der Waals surface area (Å²) in [6.07, 6.45) is 10.0. The summed E-state index contributed by atoms with van der Waals surface area (Å²) in [4.78, 5) is 0. The molecule has 0 saturated heterocycles. The van der Waals surface area contributed by atoms with Crippen LogP contribution in [0.15, 0.2) is 18.2 Å². The molecular formula is C5H8Cl3Ta-. The Labute approximate surface area is 89.9 Å². The van der Waals surface area contributed by atoms with Crippen LogP contribution in [0.4, 0.5) is 0 Å². The second-order valence-corrected chi connectivity index (χ2v) is 1.00. The predicted octanol–water partition coefficient (Wildman–Crippen LogP) is 2.57. The molecule has 0 heterocycles. The van der Waals surface area contributed by atoms with Crippen LogP contribution in [0, 0.1) is 6.08 Å². The van der Waals surface area contributed by atoms with Crippen LogP contribution in [0.5, 0.6) is 0 Å². The molecule has 0 atom stereocenters. The molecule has 0 bridgehead atoms. The molecule has 0 nitrogen and oxygen atoms in total. The monoisotopic (exact) mass is 354 g/mol. The molecule has 0 aliphatic heterocycles. The van der Waals surface area contributed by atoms with E-state index < -0.39 is 0 Å². The van der Waals surface area contributed by atoms with Gasteiger partial charge in [0.25, 0.3) is 0 Å². The van der Waals surface area contributed by atoms with Gasteiger partial charge in [-0.15, -0.1) is 43.6 Å². The first kappa shape index (κ1) is 22.5. The van der Waals surface area contributed by atoms with E-state index in [1.165, 1.54) is 0 Å². The number of allylic oxidation sites excluding steroid dienone is 4. The minimum Gasteiger partial charge on any atom is -0.273 e. The minimum absolute atomic E-state index is 0. The van der Waals surface area contributed by atoms with Crippen molar-refractivity contribution in [3.8, 4) is 0 Å². The van der Waals surface area contributed by atoms with Crippen molar-refractivity contribution in [1.29, 1.82) is 0 Å². The molecule has 1 aliphatic rings. The van der Waals surface area contributed by atoms with E-state index >= 15 is 0 Å². The van der Waals surface area contributed by atoms with Crippen molar-refractivity contribution in [2.45, 2.75) is 6.42 Å². The zero-order valence-corrected chi connectivity index (χ0v) is 10.3. The summed E-state index contributed by atoms with van der Waals surface area (Å²) in [5.41, 5.74) is 0. The molecule has 4 heteroatoms. The quantitative estimate of drug-likeness (QED) is 0.586. The smallest absolute Gasteiger partial charge is 0 e. The first-order chi connectivity index (χ1) is 2.50. The molecule has 0 amide bonds. The van der Waals surface area contributed by atoms with E-state index in [2.05, 4.69) is 12.2 Å². The maximum absolute atomic E-state index is 2.99. The van der Waals surface area contributed by atoms with Crippen molar-refractivity contribution in [1.82, 2.24) is 0 Å². The average Bonchev–Trinajstić information content (AvgIpc) is 1.76. The standard InChI is InChI=1S/C5H5.3ClH.Ta/c1-2-4-5-3-1;;;;/h1-3H,4H2;3*1H;/q-1;;;;. The van der Waals surface area contributed by atoms with Crippen LogP contribution >= 0.6 is 37.2 Å². The molecule has 0 aromatic rings. The summed E-state index contributed by atoms with van der Waals surface area (Å²) in [6, 6.07) is 0. The Balaban J connectivity index is -0.0000000312. The summed E-state index contributed by atoms with van der Waals surface area (Å²) in [5.74, 6) is 0. The molecule has 1 aliphatic carbocycles. The fourth-order valence-corrected chi connectivity index (χ4v) is 0.340. The van der Waals surface area contributed by atoms with Gasteiger partial charge >= 0.3 is 0 Å². The first-order valence-electron chi connectivity index (χ1n) is 1.72. The van der Waals surface area contributed by atoms with Crippen molar-refractivity contribution < 1.29 is 22.4 Å². The SMILES string of the molecule is Cl.Cl.Cl.[C-]1=CC=CC1.[Ta]. The normalized spacial score (nSPS) is 9.78. The van der Waals surface area contributed by atoms with Crippen LogP contribution in [0.2, 0.25) is 0 Å². The van der Waals surface area contributed by atoms with Crippen LogP contribution in [0.25, 0.3) is 0 Å². The molecule has 0 unspecified atom stereocenters. The molecule has 0 N–H and O–H groups in total. The summed E-state index contributed by atoms with van der Waals surface area (Å²) in [7, 11) is 0. The number of hydrogen-bond donors (Lipinski definition) is 0. The fourth-order valence-electron chi connectivity index (χ4n) is 0.340. The van der Waals surface area contributed by atoms with Gasteiger partial charge in [-0.05, 0) is 0 Å². The second-order valence-electron chi connectivity index (χ2n) is 1.00. The van der Waals surface area contributed by atoms with Gasteiger partial charge in [-0.2, -0.15) is 6.08 Å². The van der Waals surface area contributed by atoms with Crippen LogP contribution in [0.3, 0.4) is 0 Å². The van der Waals surface area contributed by atoms with Crippen molar-refractivity contribution >= 4 is 37.2 Å². The Kier molecular flexibility index (Phi) is 40.1. The summed E-state index contributed by atoms with van der Waals surface area (Å²) in [5, 5.41) is 0. The molecule has 55 valence electrons. The summed E-state index contributed by atoms with van der Waals surface area (Å²) < 4.78 is 0. The van der Waals surface area contributed by atoms with Gasteiger partial charge in [0.2, 0.25) is 0 Å². The van der Waals surface area contributed by atoms with Crippen LogP contribution < -0.4 is 0 Å². The van der Waals surface area contributed by atoms with Crippen molar-refractivity contribution in [3.63, 3.8) is 0 Å². The van der Waals surface area contributed by atoms with Gasteiger partial charge in [-0.3, -0.25) is 6.08 Å². The van der Waals surface area contributed by atoms with Gasteiger partial charge < -0.3 is 0 Å². The third-order valence-corrected chi connectivity index (χ3v) is 0.586. The molecule has 0 aromatic carbocycles. The minimum atomic E-state index is 0. The summed E-state index contributed by atoms with van der Waals surface area (Å²) >= 11 is 0. The maximum atomic E-state index is 2.99.